The molecule has 0 amide bonds. The maximum Gasteiger partial charge on any atom is 0.185 e. The van der Waals surface area contributed by atoms with E-state index in [1.807, 2.05) is 36.4 Å². The van der Waals surface area contributed by atoms with Crippen molar-refractivity contribution in [3.8, 4) is 28.4 Å². The second kappa shape index (κ2) is 13.1. The second-order valence-electron chi connectivity index (χ2n) is 6.70. The lowest BCUT2D eigenvalue weighted by Crippen LogP contribution is -2.34. The van der Waals surface area contributed by atoms with Crippen molar-refractivity contribution in [3.05, 3.63) is 42.5 Å². The number of benzene rings is 2. The molecule has 0 unspecified atom stereocenters. The number of rotatable bonds is 13. The molecular weight excluding hydrogens is 426 g/mol. The van der Waals surface area contributed by atoms with Crippen LogP contribution >= 0.6 is 0 Å². The summed E-state index contributed by atoms with van der Waals surface area (Å²) < 4.78 is 17.8. The second-order valence-corrected chi connectivity index (χ2v) is 6.70. The maximum atomic E-state index is 7.29. The zero-order valence-electron chi connectivity index (χ0n) is 18.2. The molecule has 0 atom stereocenters. The highest BCUT2D eigenvalue weighted by Gasteiger charge is 2.16. The predicted octanol–water partition coefficient (Wildman–Crippen LogP) is -0.0608. The SMILES string of the molecule is N=C(N)NCCOc1ccccc1-c1cccc(OCCNC(=N)N)c1OCCNC(=N)N. The van der Waals surface area contributed by atoms with Crippen molar-refractivity contribution in [1.82, 2.24) is 16.0 Å². The molecule has 178 valence electrons. The Morgan fingerprint density at radius 2 is 1.06 bits per heavy atom. The molecule has 0 radical (unpaired) electrons. The van der Waals surface area contributed by atoms with Gasteiger partial charge in [-0.2, -0.15) is 0 Å². The van der Waals surface area contributed by atoms with E-state index in [9.17, 15) is 0 Å². The normalized spacial score (nSPS) is 10.1. The molecule has 12 N–H and O–H groups in total. The van der Waals surface area contributed by atoms with Crippen LogP contribution in [-0.4, -0.2) is 57.3 Å². The first kappa shape index (κ1) is 24.9. The molecule has 0 aliphatic rings. The van der Waals surface area contributed by atoms with E-state index in [1.54, 1.807) is 6.07 Å². The zero-order chi connectivity index (χ0) is 24.1. The van der Waals surface area contributed by atoms with Gasteiger partial charge < -0.3 is 47.4 Å². The van der Waals surface area contributed by atoms with Crippen LogP contribution in [0.4, 0.5) is 0 Å². The lowest BCUT2D eigenvalue weighted by molar-refractivity contribution is 0.274. The molecule has 0 aliphatic heterocycles. The van der Waals surface area contributed by atoms with Crippen LogP contribution in [0.25, 0.3) is 11.1 Å². The molecule has 12 nitrogen and oxygen atoms in total. The number of nitrogens with one attached hydrogen (secondary N) is 6. The Kier molecular flexibility index (Phi) is 9.93. The molecule has 0 fully saturated rings. The highest BCUT2D eigenvalue weighted by molar-refractivity contribution is 5.78. The van der Waals surface area contributed by atoms with Crippen LogP contribution < -0.4 is 47.4 Å². The van der Waals surface area contributed by atoms with Crippen LogP contribution in [0.15, 0.2) is 42.5 Å². The fourth-order valence-electron chi connectivity index (χ4n) is 2.84. The maximum absolute atomic E-state index is 7.29. The fraction of sp³-hybridized carbons (Fsp3) is 0.286. The molecule has 33 heavy (non-hydrogen) atoms. The molecule has 12 heteroatoms. The molecule has 0 saturated heterocycles. The van der Waals surface area contributed by atoms with E-state index in [1.165, 1.54) is 0 Å². The van der Waals surface area contributed by atoms with Crippen LogP contribution in [-0.2, 0) is 0 Å². The quantitative estimate of drug-likeness (QED) is 0.112. The fourth-order valence-corrected chi connectivity index (χ4v) is 2.84. The Balaban J connectivity index is 2.26. The van der Waals surface area contributed by atoms with Crippen molar-refractivity contribution in [1.29, 1.82) is 16.2 Å². The van der Waals surface area contributed by atoms with Crippen molar-refractivity contribution in [2.24, 2.45) is 17.2 Å². The largest absolute Gasteiger partial charge is 0.491 e. The molecule has 0 saturated carbocycles. The molecular formula is C21H31N9O3. The minimum atomic E-state index is -0.142. The standard InChI is InChI=1S/C21H31N9O3/c22-19(23)28-8-11-31-16-6-2-1-4-14(16)15-5-3-7-17(32-12-9-29-20(24)25)18(15)33-13-10-30-21(26)27/h1-7H,8-13H2,(H4,22,23,28)(H4,24,25,29)(H4,26,27,30). The Bertz CT molecular complexity index is 952. The van der Waals surface area contributed by atoms with Crippen LogP contribution in [0, 0.1) is 16.2 Å². The van der Waals surface area contributed by atoms with Crippen LogP contribution in [0.1, 0.15) is 0 Å². The van der Waals surface area contributed by atoms with Gasteiger partial charge in [0.05, 0.1) is 19.6 Å². The average Bonchev–Trinajstić information content (AvgIpc) is 2.77. The molecule has 2 aromatic carbocycles. The first-order valence-electron chi connectivity index (χ1n) is 10.2. The van der Waals surface area contributed by atoms with Gasteiger partial charge in [0.25, 0.3) is 0 Å². The highest BCUT2D eigenvalue weighted by Crippen LogP contribution is 2.41. The third kappa shape index (κ3) is 8.73. The molecule has 2 aromatic rings. The summed E-state index contributed by atoms with van der Waals surface area (Å²) in [4.78, 5) is 0. The number of guanidine groups is 3. The van der Waals surface area contributed by atoms with Crippen LogP contribution in [0.5, 0.6) is 17.2 Å². The van der Waals surface area contributed by atoms with Gasteiger partial charge in [0.15, 0.2) is 29.4 Å². The van der Waals surface area contributed by atoms with E-state index < -0.39 is 0 Å². The summed E-state index contributed by atoms with van der Waals surface area (Å²) in [7, 11) is 0. The third-order valence-corrected chi connectivity index (χ3v) is 4.17. The summed E-state index contributed by atoms with van der Waals surface area (Å²) in [6.07, 6.45) is 0. The van der Waals surface area contributed by atoms with E-state index in [-0.39, 0.29) is 31.1 Å². The Labute approximate surface area is 192 Å². The van der Waals surface area contributed by atoms with Crippen LogP contribution in [0.3, 0.4) is 0 Å². The van der Waals surface area contributed by atoms with Gasteiger partial charge in [0, 0.05) is 11.1 Å². The number of hydrogen-bond donors (Lipinski definition) is 9. The van der Waals surface area contributed by atoms with Gasteiger partial charge in [-0.15, -0.1) is 0 Å². The number of hydrogen-bond acceptors (Lipinski definition) is 6. The van der Waals surface area contributed by atoms with Crippen molar-refractivity contribution in [3.63, 3.8) is 0 Å². The van der Waals surface area contributed by atoms with Crippen molar-refractivity contribution >= 4 is 17.9 Å². The lowest BCUT2D eigenvalue weighted by Gasteiger charge is -2.19. The summed E-state index contributed by atoms with van der Waals surface area (Å²) in [5.74, 6) is 1.24. The van der Waals surface area contributed by atoms with Gasteiger partial charge in [-0.05, 0) is 12.1 Å². The first-order valence-corrected chi connectivity index (χ1v) is 10.2. The first-order chi connectivity index (χ1) is 15.9. The lowest BCUT2D eigenvalue weighted by atomic mass is 10.0. The van der Waals surface area contributed by atoms with Gasteiger partial charge in [-0.25, -0.2) is 0 Å². The smallest absolute Gasteiger partial charge is 0.185 e. The van der Waals surface area contributed by atoms with Gasteiger partial charge >= 0.3 is 0 Å². The Morgan fingerprint density at radius 1 is 0.606 bits per heavy atom. The average molecular weight is 458 g/mol. The minimum Gasteiger partial charge on any atom is -0.491 e. The van der Waals surface area contributed by atoms with Gasteiger partial charge in [0.2, 0.25) is 0 Å². The summed E-state index contributed by atoms with van der Waals surface area (Å²) in [5.41, 5.74) is 17.5. The van der Waals surface area contributed by atoms with Crippen molar-refractivity contribution in [2.45, 2.75) is 0 Å². The Hall–Kier alpha value is -4.35. The summed E-state index contributed by atoms with van der Waals surface area (Å²) in [6.45, 7) is 1.89. The summed E-state index contributed by atoms with van der Waals surface area (Å²) in [6, 6.07) is 13.0. The van der Waals surface area contributed by atoms with Crippen LogP contribution in [0.2, 0.25) is 0 Å². The van der Waals surface area contributed by atoms with Gasteiger partial charge in [-0.1, -0.05) is 30.3 Å². The van der Waals surface area contributed by atoms with Crippen molar-refractivity contribution in [2.75, 3.05) is 39.5 Å². The monoisotopic (exact) mass is 457 g/mol. The van der Waals surface area contributed by atoms with E-state index in [4.69, 9.17) is 47.6 Å². The molecule has 0 heterocycles. The third-order valence-electron chi connectivity index (χ3n) is 4.17. The van der Waals surface area contributed by atoms with Crippen molar-refractivity contribution < 1.29 is 14.2 Å². The van der Waals surface area contributed by atoms with E-state index in [2.05, 4.69) is 16.0 Å². The van der Waals surface area contributed by atoms with E-state index in [0.29, 0.717) is 43.5 Å². The number of nitrogens with two attached hydrogens (primary N) is 3. The molecule has 0 spiro atoms. The summed E-state index contributed by atoms with van der Waals surface area (Å²) in [5, 5.41) is 29.9. The molecule has 0 bridgehead atoms. The van der Waals surface area contributed by atoms with E-state index >= 15 is 0 Å². The number of para-hydroxylation sites is 2. The summed E-state index contributed by atoms with van der Waals surface area (Å²) >= 11 is 0. The topological polar surface area (TPSA) is 213 Å². The Morgan fingerprint density at radius 3 is 1.64 bits per heavy atom. The number of ether oxygens (including phenoxy) is 3. The van der Waals surface area contributed by atoms with Gasteiger partial charge in [0.1, 0.15) is 25.6 Å². The molecule has 0 aliphatic carbocycles. The highest BCUT2D eigenvalue weighted by atomic mass is 16.5. The predicted molar refractivity (Wildman–Crippen MR) is 128 cm³/mol. The zero-order valence-corrected chi connectivity index (χ0v) is 18.2. The van der Waals surface area contributed by atoms with Gasteiger partial charge in [-0.3, -0.25) is 16.2 Å². The van der Waals surface area contributed by atoms with E-state index in [0.717, 1.165) is 11.1 Å². The molecule has 2 rings (SSSR count). The minimum absolute atomic E-state index is 0.120. The molecule has 0 aromatic heterocycles.